The Hall–Kier alpha value is -0.120. The van der Waals surface area contributed by atoms with Crippen LogP contribution in [0.1, 0.15) is 26.7 Å². The van der Waals surface area contributed by atoms with Crippen LogP contribution < -0.4 is 5.32 Å². The number of hydrogen-bond acceptors (Lipinski definition) is 3. The largest absolute Gasteiger partial charge is 0.377 e. The summed E-state index contributed by atoms with van der Waals surface area (Å²) in [5.41, 5.74) is 0. The van der Waals surface area contributed by atoms with E-state index in [1.54, 1.807) is 0 Å². The van der Waals surface area contributed by atoms with Crippen LogP contribution >= 0.6 is 0 Å². The third kappa shape index (κ3) is 2.92. The molecule has 1 N–H and O–H groups in total. The van der Waals surface area contributed by atoms with E-state index in [0.717, 1.165) is 25.1 Å². The molecule has 2 atom stereocenters. The lowest BCUT2D eigenvalue weighted by atomic mass is 9.84. The Morgan fingerprint density at radius 3 is 2.67 bits per heavy atom. The fraction of sp³-hybridized carbons (Fsp3) is 1.00. The van der Waals surface area contributed by atoms with E-state index in [1.807, 2.05) is 0 Å². The molecule has 0 aliphatic carbocycles. The summed E-state index contributed by atoms with van der Waals surface area (Å²) in [6, 6.07) is 0.718. The maximum atomic E-state index is 5.54. The highest BCUT2D eigenvalue weighted by Gasteiger charge is 2.33. The van der Waals surface area contributed by atoms with Crippen molar-refractivity contribution in [2.45, 2.75) is 38.8 Å². The van der Waals surface area contributed by atoms with Gasteiger partial charge in [-0.15, -0.1) is 0 Å². The summed E-state index contributed by atoms with van der Waals surface area (Å²) in [7, 11) is 0. The van der Waals surface area contributed by atoms with Crippen LogP contribution in [0.25, 0.3) is 0 Å². The van der Waals surface area contributed by atoms with Gasteiger partial charge in [-0.3, -0.25) is 0 Å². The summed E-state index contributed by atoms with van der Waals surface area (Å²) in [5, 5.41) is 3.67. The SMILES string of the molecule is CCOC(C)CNC1CN2CCC1CC2. The van der Waals surface area contributed by atoms with Gasteiger partial charge in [-0.1, -0.05) is 0 Å². The van der Waals surface area contributed by atoms with Crippen molar-refractivity contribution in [2.75, 3.05) is 32.8 Å². The zero-order chi connectivity index (χ0) is 10.7. The minimum absolute atomic E-state index is 0.352. The maximum Gasteiger partial charge on any atom is 0.0671 e. The zero-order valence-corrected chi connectivity index (χ0v) is 10.0. The number of piperidine rings is 3. The first-order valence-electron chi connectivity index (χ1n) is 6.37. The molecule has 88 valence electrons. The molecule has 0 saturated carbocycles. The Bertz CT molecular complexity index is 190. The number of fused-ring (bicyclic) bond motifs is 3. The minimum atomic E-state index is 0.352. The number of hydrogen-bond donors (Lipinski definition) is 1. The fourth-order valence-electron chi connectivity index (χ4n) is 2.86. The standard InChI is InChI=1S/C12H24N2O/c1-3-15-10(2)8-13-12-9-14-6-4-11(12)5-7-14/h10-13H,3-9H2,1-2H3. The van der Waals surface area contributed by atoms with Crippen molar-refractivity contribution >= 4 is 0 Å². The summed E-state index contributed by atoms with van der Waals surface area (Å²) >= 11 is 0. The van der Waals surface area contributed by atoms with Gasteiger partial charge in [-0.25, -0.2) is 0 Å². The van der Waals surface area contributed by atoms with E-state index < -0.39 is 0 Å². The molecule has 3 fully saturated rings. The molecule has 0 aromatic carbocycles. The zero-order valence-electron chi connectivity index (χ0n) is 10.0. The summed E-state index contributed by atoms with van der Waals surface area (Å²) in [6.45, 7) is 9.94. The Kier molecular flexibility index (Phi) is 4.00. The summed E-state index contributed by atoms with van der Waals surface area (Å²) < 4.78 is 5.54. The second-order valence-corrected chi connectivity index (χ2v) is 4.92. The molecule has 3 heteroatoms. The van der Waals surface area contributed by atoms with E-state index in [1.165, 1.54) is 32.5 Å². The first kappa shape index (κ1) is 11.4. The smallest absolute Gasteiger partial charge is 0.0671 e. The lowest BCUT2D eigenvalue weighted by Crippen LogP contribution is -2.56. The first-order valence-corrected chi connectivity index (χ1v) is 6.37. The maximum absolute atomic E-state index is 5.54. The third-order valence-electron chi connectivity index (χ3n) is 3.77. The highest BCUT2D eigenvalue weighted by Crippen LogP contribution is 2.27. The van der Waals surface area contributed by atoms with Gasteiger partial charge in [0.2, 0.25) is 0 Å². The highest BCUT2D eigenvalue weighted by molar-refractivity contribution is 4.91. The van der Waals surface area contributed by atoms with Crippen molar-refractivity contribution in [1.29, 1.82) is 0 Å². The topological polar surface area (TPSA) is 24.5 Å². The van der Waals surface area contributed by atoms with Gasteiger partial charge in [0.1, 0.15) is 0 Å². The van der Waals surface area contributed by atoms with E-state index in [0.29, 0.717) is 6.10 Å². The number of nitrogens with one attached hydrogen (secondary N) is 1. The van der Waals surface area contributed by atoms with Crippen LogP contribution in [0.15, 0.2) is 0 Å². The summed E-state index contributed by atoms with van der Waals surface area (Å²) in [4.78, 5) is 2.59. The highest BCUT2D eigenvalue weighted by atomic mass is 16.5. The summed E-state index contributed by atoms with van der Waals surface area (Å²) in [6.07, 6.45) is 3.13. The normalized spacial score (nSPS) is 36.8. The van der Waals surface area contributed by atoms with Gasteiger partial charge in [0.05, 0.1) is 6.10 Å². The van der Waals surface area contributed by atoms with Crippen LogP contribution in [0, 0.1) is 5.92 Å². The van der Waals surface area contributed by atoms with Gasteiger partial charge < -0.3 is 15.0 Å². The van der Waals surface area contributed by atoms with Gasteiger partial charge in [-0.05, 0) is 45.7 Å². The molecule has 3 heterocycles. The van der Waals surface area contributed by atoms with Crippen molar-refractivity contribution in [2.24, 2.45) is 5.92 Å². The number of ether oxygens (including phenoxy) is 1. The Morgan fingerprint density at radius 1 is 1.40 bits per heavy atom. The predicted octanol–water partition coefficient (Wildman–Crippen LogP) is 1.10. The Balaban J connectivity index is 1.71. The van der Waals surface area contributed by atoms with Gasteiger partial charge in [0, 0.05) is 25.7 Å². The molecule has 0 aromatic rings. The second kappa shape index (κ2) is 5.28. The molecule has 3 saturated heterocycles. The molecule has 0 aromatic heterocycles. The van der Waals surface area contributed by atoms with Crippen molar-refractivity contribution in [3.63, 3.8) is 0 Å². The Morgan fingerprint density at radius 2 is 2.13 bits per heavy atom. The number of nitrogens with zero attached hydrogens (tertiary/aromatic N) is 1. The number of rotatable bonds is 5. The molecule has 0 amide bonds. The lowest BCUT2D eigenvalue weighted by molar-refractivity contribution is 0.0457. The van der Waals surface area contributed by atoms with Crippen LogP contribution in [0.2, 0.25) is 0 Å². The molecule has 3 nitrogen and oxygen atoms in total. The third-order valence-corrected chi connectivity index (χ3v) is 3.77. The molecule has 3 aliphatic rings. The molecule has 0 radical (unpaired) electrons. The molecule has 0 spiro atoms. The van der Waals surface area contributed by atoms with Gasteiger partial charge >= 0.3 is 0 Å². The molecule has 15 heavy (non-hydrogen) atoms. The fourth-order valence-corrected chi connectivity index (χ4v) is 2.86. The molecule has 2 unspecified atom stereocenters. The van der Waals surface area contributed by atoms with Gasteiger partial charge in [0.25, 0.3) is 0 Å². The minimum Gasteiger partial charge on any atom is -0.377 e. The summed E-state index contributed by atoms with van der Waals surface area (Å²) in [5.74, 6) is 0.920. The van der Waals surface area contributed by atoms with E-state index in [4.69, 9.17) is 4.74 Å². The van der Waals surface area contributed by atoms with Crippen LogP contribution in [-0.2, 0) is 4.74 Å². The van der Waals surface area contributed by atoms with E-state index in [9.17, 15) is 0 Å². The van der Waals surface area contributed by atoms with Crippen LogP contribution in [0.5, 0.6) is 0 Å². The van der Waals surface area contributed by atoms with E-state index in [2.05, 4.69) is 24.1 Å². The predicted molar refractivity (Wildman–Crippen MR) is 62.0 cm³/mol. The Labute approximate surface area is 93.2 Å². The van der Waals surface area contributed by atoms with Crippen LogP contribution in [0.4, 0.5) is 0 Å². The van der Waals surface area contributed by atoms with Crippen molar-refractivity contribution < 1.29 is 4.74 Å². The van der Waals surface area contributed by atoms with Gasteiger partial charge in [-0.2, -0.15) is 0 Å². The van der Waals surface area contributed by atoms with Gasteiger partial charge in [0.15, 0.2) is 0 Å². The second-order valence-electron chi connectivity index (χ2n) is 4.92. The van der Waals surface area contributed by atoms with E-state index >= 15 is 0 Å². The lowest BCUT2D eigenvalue weighted by Gasteiger charge is -2.45. The van der Waals surface area contributed by atoms with E-state index in [-0.39, 0.29) is 0 Å². The monoisotopic (exact) mass is 212 g/mol. The average molecular weight is 212 g/mol. The quantitative estimate of drug-likeness (QED) is 0.738. The molecular formula is C12H24N2O. The van der Waals surface area contributed by atoms with Crippen molar-refractivity contribution in [1.82, 2.24) is 10.2 Å². The average Bonchev–Trinajstić information content (AvgIpc) is 2.28. The molecule has 3 aliphatic heterocycles. The van der Waals surface area contributed by atoms with Crippen molar-refractivity contribution in [3.05, 3.63) is 0 Å². The van der Waals surface area contributed by atoms with Crippen LogP contribution in [-0.4, -0.2) is 49.8 Å². The van der Waals surface area contributed by atoms with Crippen molar-refractivity contribution in [3.8, 4) is 0 Å². The molecule has 3 rings (SSSR count). The molecular weight excluding hydrogens is 188 g/mol. The van der Waals surface area contributed by atoms with Crippen LogP contribution in [0.3, 0.4) is 0 Å². The molecule has 2 bridgehead atoms. The first-order chi connectivity index (χ1) is 7.29.